The summed E-state index contributed by atoms with van der Waals surface area (Å²) in [6.07, 6.45) is 6.82. The number of carbonyl (C=O) groups excluding carboxylic acids is 1. The van der Waals surface area contributed by atoms with E-state index in [9.17, 15) is 4.79 Å². The minimum atomic E-state index is -0.252. The second-order valence-corrected chi connectivity index (χ2v) is 6.10. The van der Waals surface area contributed by atoms with Crippen LogP contribution in [0.4, 0.5) is 5.69 Å². The van der Waals surface area contributed by atoms with Gasteiger partial charge in [-0.15, -0.1) is 0 Å². The van der Waals surface area contributed by atoms with Gasteiger partial charge in [0.2, 0.25) is 0 Å². The molecule has 104 valence electrons. The van der Waals surface area contributed by atoms with Crippen LogP contribution in [0.25, 0.3) is 0 Å². The monoisotopic (exact) mass is 325 g/mol. The molecule has 1 aliphatic carbocycles. The molecule has 0 bridgehead atoms. The maximum Gasteiger partial charge on any atom is 0.338 e. The Morgan fingerprint density at radius 2 is 1.89 bits per heavy atom. The van der Waals surface area contributed by atoms with E-state index < -0.39 is 0 Å². The van der Waals surface area contributed by atoms with Crippen LogP contribution in [0.3, 0.4) is 0 Å². The number of carbonyl (C=O) groups is 1. The standard InChI is InChI=1S/C15H20BrNO2/c1-10-13(8-11(16)9-14(10)17)15(18)19-12-6-4-2-3-5-7-12/h8-9,12H,2-7,17H2,1H3. The summed E-state index contributed by atoms with van der Waals surface area (Å²) in [4.78, 5) is 12.3. The van der Waals surface area contributed by atoms with Gasteiger partial charge in [-0.25, -0.2) is 4.79 Å². The van der Waals surface area contributed by atoms with Crippen molar-refractivity contribution in [2.75, 3.05) is 5.73 Å². The Labute approximate surface area is 122 Å². The number of benzene rings is 1. The smallest absolute Gasteiger partial charge is 0.338 e. The minimum absolute atomic E-state index is 0.0645. The van der Waals surface area contributed by atoms with Crippen molar-refractivity contribution in [2.45, 2.75) is 51.6 Å². The lowest BCUT2D eigenvalue weighted by molar-refractivity contribution is 0.0266. The summed E-state index contributed by atoms with van der Waals surface area (Å²) in [6.45, 7) is 1.85. The number of hydrogen-bond acceptors (Lipinski definition) is 3. The Morgan fingerprint density at radius 1 is 1.26 bits per heavy atom. The van der Waals surface area contributed by atoms with Gasteiger partial charge < -0.3 is 10.5 Å². The van der Waals surface area contributed by atoms with Crippen LogP contribution in [0.1, 0.15) is 54.4 Å². The fourth-order valence-corrected chi connectivity index (χ4v) is 2.96. The van der Waals surface area contributed by atoms with Crippen molar-refractivity contribution in [2.24, 2.45) is 0 Å². The van der Waals surface area contributed by atoms with E-state index in [0.717, 1.165) is 35.7 Å². The van der Waals surface area contributed by atoms with Gasteiger partial charge in [0.05, 0.1) is 5.56 Å². The average molecular weight is 326 g/mol. The molecule has 19 heavy (non-hydrogen) atoms. The molecule has 0 radical (unpaired) electrons. The van der Waals surface area contributed by atoms with E-state index in [4.69, 9.17) is 10.5 Å². The molecule has 3 nitrogen and oxygen atoms in total. The molecule has 0 aromatic heterocycles. The summed E-state index contributed by atoms with van der Waals surface area (Å²) in [6, 6.07) is 3.59. The Kier molecular flexibility index (Phi) is 4.86. The molecule has 4 heteroatoms. The first-order chi connectivity index (χ1) is 9.08. The van der Waals surface area contributed by atoms with E-state index in [1.54, 1.807) is 12.1 Å². The summed E-state index contributed by atoms with van der Waals surface area (Å²) in [5.74, 6) is -0.252. The summed E-state index contributed by atoms with van der Waals surface area (Å²) in [7, 11) is 0. The first kappa shape index (κ1) is 14.4. The van der Waals surface area contributed by atoms with E-state index >= 15 is 0 Å². The molecule has 1 saturated carbocycles. The Morgan fingerprint density at radius 3 is 2.53 bits per heavy atom. The number of esters is 1. The number of ether oxygens (including phenoxy) is 1. The van der Waals surface area contributed by atoms with Crippen molar-refractivity contribution in [3.8, 4) is 0 Å². The third-order valence-electron chi connectivity index (χ3n) is 3.71. The lowest BCUT2D eigenvalue weighted by Gasteiger charge is -2.17. The van der Waals surface area contributed by atoms with Gasteiger partial charge in [0.1, 0.15) is 6.10 Å². The summed E-state index contributed by atoms with van der Waals surface area (Å²) in [5, 5.41) is 0. The Balaban J connectivity index is 2.11. The molecule has 0 unspecified atom stereocenters. The quantitative estimate of drug-likeness (QED) is 0.503. The number of halogens is 1. The Bertz CT molecular complexity index is 465. The number of anilines is 1. The van der Waals surface area contributed by atoms with Crippen molar-refractivity contribution >= 4 is 27.6 Å². The molecule has 0 aliphatic heterocycles. The van der Waals surface area contributed by atoms with E-state index in [-0.39, 0.29) is 12.1 Å². The predicted molar refractivity (Wildman–Crippen MR) is 80.2 cm³/mol. The van der Waals surface area contributed by atoms with Crippen LogP contribution in [-0.2, 0) is 4.74 Å². The topological polar surface area (TPSA) is 52.3 Å². The number of rotatable bonds is 2. The minimum Gasteiger partial charge on any atom is -0.459 e. The van der Waals surface area contributed by atoms with Crippen LogP contribution < -0.4 is 5.73 Å². The molecular formula is C15H20BrNO2. The third-order valence-corrected chi connectivity index (χ3v) is 4.17. The van der Waals surface area contributed by atoms with Gasteiger partial charge in [-0.05, 0) is 50.3 Å². The highest BCUT2D eigenvalue weighted by atomic mass is 79.9. The third kappa shape index (κ3) is 3.72. The van der Waals surface area contributed by atoms with Gasteiger partial charge >= 0.3 is 5.97 Å². The van der Waals surface area contributed by atoms with Crippen molar-refractivity contribution in [3.05, 3.63) is 27.7 Å². The van der Waals surface area contributed by atoms with Crippen LogP contribution in [0.2, 0.25) is 0 Å². The zero-order valence-corrected chi connectivity index (χ0v) is 12.8. The van der Waals surface area contributed by atoms with E-state index in [1.165, 1.54) is 12.8 Å². The normalized spacial score (nSPS) is 16.9. The molecule has 1 aromatic carbocycles. The van der Waals surface area contributed by atoms with Crippen molar-refractivity contribution in [1.82, 2.24) is 0 Å². The van der Waals surface area contributed by atoms with Gasteiger partial charge in [-0.3, -0.25) is 0 Å². The molecular weight excluding hydrogens is 306 g/mol. The molecule has 2 rings (SSSR count). The molecule has 0 atom stereocenters. The SMILES string of the molecule is Cc1c(N)cc(Br)cc1C(=O)OC1CCCCCC1. The van der Waals surface area contributed by atoms with E-state index in [0.29, 0.717) is 11.3 Å². The molecule has 2 N–H and O–H groups in total. The largest absolute Gasteiger partial charge is 0.459 e. The fourth-order valence-electron chi connectivity index (χ4n) is 2.49. The second kappa shape index (κ2) is 6.42. The predicted octanol–water partition coefficient (Wildman–Crippen LogP) is 4.22. The second-order valence-electron chi connectivity index (χ2n) is 5.19. The van der Waals surface area contributed by atoms with Crippen molar-refractivity contribution in [1.29, 1.82) is 0 Å². The molecule has 1 aromatic rings. The maximum absolute atomic E-state index is 12.3. The number of nitrogen functional groups attached to an aromatic ring is 1. The highest BCUT2D eigenvalue weighted by molar-refractivity contribution is 9.10. The van der Waals surface area contributed by atoms with Crippen LogP contribution in [-0.4, -0.2) is 12.1 Å². The maximum atomic E-state index is 12.3. The average Bonchev–Trinajstić information content (AvgIpc) is 2.62. The summed E-state index contributed by atoms with van der Waals surface area (Å²) < 4.78 is 6.44. The molecule has 0 heterocycles. The highest BCUT2D eigenvalue weighted by Crippen LogP contribution is 2.25. The number of hydrogen-bond donors (Lipinski definition) is 1. The zero-order valence-electron chi connectivity index (χ0n) is 11.2. The lowest BCUT2D eigenvalue weighted by Crippen LogP contribution is -2.18. The fraction of sp³-hybridized carbons (Fsp3) is 0.533. The van der Waals surface area contributed by atoms with Crippen molar-refractivity contribution in [3.63, 3.8) is 0 Å². The van der Waals surface area contributed by atoms with Crippen LogP contribution in [0, 0.1) is 6.92 Å². The summed E-state index contributed by atoms with van der Waals surface area (Å²) >= 11 is 3.37. The first-order valence-electron chi connectivity index (χ1n) is 6.84. The molecule has 0 amide bonds. The van der Waals surface area contributed by atoms with Gasteiger partial charge in [0.25, 0.3) is 0 Å². The van der Waals surface area contributed by atoms with Crippen LogP contribution >= 0.6 is 15.9 Å². The van der Waals surface area contributed by atoms with E-state index in [2.05, 4.69) is 15.9 Å². The molecule has 1 aliphatic rings. The van der Waals surface area contributed by atoms with Gasteiger partial charge in [0, 0.05) is 10.2 Å². The van der Waals surface area contributed by atoms with Gasteiger partial charge in [-0.2, -0.15) is 0 Å². The van der Waals surface area contributed by atoms with E-state index in [1.807, 2.05) is 6.92 Å². The van der Waals surface area contributed by atoms with Gasteiger partial charge in [0.15, 0.2) is 0 Å². The number of nitrogens with two attached hydrogens (primary N) is 1. The molecule has 1 fully saturated rings. The molecule has 0 spiro atoms. The molecule has 0 saturated heterocycles. The zero-order chi connectivity index (χ0) is 13.8. The van der Waals surface area contributed by atoms with Crippen LogP contribution in [0.15, 0.2) is 16.6 Å². The highest BCUT2D eigenvalue weighted by Gasteiger charge is 2.20. The Hall–Kier alpha value is -1.03. The lowest BCUT2D eigenvalue weighted by atomic mass is 10.1. The summed E-state index contributed by atoms with van der Waals surface area (Å²) in [5.41, 5.74) is 7.85. The van der Waals surface area contributed by atoms with Gasteiger partial charge in [-0.1, -0.05) is 28.8 Å². The van der Waals surface area contributed by atoms with Crippen LogP contribution in [0.5, 0.6) is 0 Å². The first-order valence-corrected chi connectivity index (χ1v) is 7.64. The van der Waals surface area contributed by atoms with Crippen molar-refractivity contribution < 1.29 is 9.53 Å².